The quantitative estimate of drug-likeness (QED) is 0.768. The summed E-state index contributed by atoms with van der Waals surface area (Å²) in [7, 11) is 0. The molecule has 16 heavy (non-hydrogen) atoms. The van der Waals surface area contributed by atoms with Crippen molar-refractivity contribution in [3.05, 3.63) is 0 Å². The van der Waals surface area contributed by atoms with E-state index in [1.54, 1.807) is 20.8 Å². The molecule has 0 atom stereocenters. The molecule has 0 saturated carbocycles. The predicted octanol–water partition coefficient (Wildman–Crippen LogP) is 1.89. The average Bonchev–Trinajstić information content (AvgIpc) is 1.99. The summed E-state index contributed by atoms with van der Waals surface area (Å²) in [5.41, 5.74) is 4.42. The maximum Gasteiger partial charge on any atom is 0.407 e. The van der Waals surface area contributed by atoms with Gasteiger partial charge in [0.2, 0.25) is 0 Å². The van der Waals surface area contributed by atoms with Crippen LogP contribution in [0.15, 0.2) is 0 Å². The highest BCUT2D eigenvalue weighted by atomic mass is 19.3. The number of carbonyl (C=O) groups excluding carboxylic acids is 1. The molecule has 0 fully saturated rings. The Hall–Kier alpha value is -0.910. The van der Waals surface area contributed by atoms with Crippen molar-refractivity contribution >= 4 is 6.09 Å². The molecule has 4 nitrogen and oxygen atoms in total. The Kier molecular flexibility index (Phi) is 5.64. The lowest BCUT2D eigenvalue weighted by atomic mass is 10.2. The SMILES string of the molecule is CC(C)(C)OC(=O)NCCC(F)(F)CCN. The van der Waals surface area contributed by atoms with E-state index >= 15 is 0 Å². The molecule has 0 saturated heterocycles. The van der Waals surface area contributed by atoms with Crippen molar-refractivity contribution in [1.29, 1.82) is 0 Å². The third-order valence-electron chi connectivity index (χ3n) is 1.67. The fourth-order valence-corrected chi connectivity index (χ4v) is 0.998. The maximum absolute atomic E-state index is 12.9. The van der Waals surface area contributed by atoms with Gasteiger partial charge < -0.3 is 15.8 Å². The highest BCUT2D eigenvalue weighted by molar-refractivity contribution is 5.67. The van der Waals surface area contributed by atoms with E-state index in [0.29, 0.717) is 0 Å². The second-order valence-electron chi connectivity index (χ2n) is 4.57. The van der Waals surface area contributed by atoms with Gasteiger partial charge >= 0.3 is 6.09 Å². The highest BCUT2D eigenvalue weighted by Gasteiger charge is 2.27. The number of nitrogens with two attached hydrogens (primary N) is 1. The van der Waals surface area contributed by atoms with Crippen molar-refractivity contribution < 1.29 is 18.3 Å². The van der Waals surface area contributed by atoms with Crippen molar-refractivity contribution in [1.82, 2.24) is 5.32 Å². The number of carbonyl (C=O) groups is 1. The zero-order valence-corrected chi connectivity index (χ0v) is 9.98. The summed E-state index contributed by atoms with van der Waals surface area (Å²) in [6.45, 7) is 4.92. The topological polar surface area (TPSA) is 64.3 Å². The van der Waals surface area contributed by atoms with Gasteiger partial charge in [-0.3, -0.25) is 0 Å². The largest absolute Gasteiger partial charge is 0.444 e. The molecular weight excluding hydrogens is 218 g/mol. The van der Waals surface area contributed by atoms with Crippen LogP contribution in [0.4, 0.5) is 13.6 Å². The van der Waals surface area contributed by atoms with Gasteiger partial charge in [-0.1, -0.05) is 0 Å². The molecule has 96 valence electrons. The van der Waals surface area contributed by atoms with Crippen LogP contribution in [-0.4, -0.2) is 30.7 Å². The molecule has 0 aliphatic carbocycles. The number of halogens is 2. The fraction of sp³-hybridized carbons (Fsp3) is 0.900. The van der Waals surface area contributed by atoms with E-state index in [4.69, 9.17) is 10.5 Å². The van der Waals surface area contributed by atoms with Crippen molar-refractivity contribution in [2.45, 2.75) is 45.1 Å². The van der Waals surface area contributed by atoms with Crippen molar-refractivity contribution in [2.24, 2.45) is 5.73 Å². The molecule has 6 heteroatoms. The van der Waals surface area contributed by atoms with Gasteiger partial charge in [-0.2, -0.15) is 0 Å². The summed E-state index contributed by atoms with van der Waals surface area (Å²) in [5.74, 6) is -2.83. The number of alkyl carbamates (subject to hydrolysis) is 1. The second kappa shape index (κ2) is 5.98. The molecule has 0 aromatic heterocycles. The summed E-state index contributed by atoms with van der Waals surface area (Å²) in [5, 5.41) is 2.27. The Labute approximate surface area is 94.5 Å². The summed E-state index contributed by atoms with van der Waals surface area (Å²) in [6.07, 6.45) is -1.48. The lowest BCUT2D eigenvalue weighted by molar-refractivity contribution is -0.0137. The number of nitrogens with one attached hydrogen (secondary N) is 1. The Morgan fingerprint density at radius 3 is 2.31 bits per heavy atom. The summed E-state index contributed by atoms with van der Waals surface area (Å²) >= 11 is 0. The van der Waals surface area contributed by atoms with Crippen LogP contribution in [0.2, 0.25) is 0 Å². The molecule has 3 N–H and O–H groups in total. The molecule has 1 amide bonds. The van der Waals surface area contributed by atoms with Gasteiger partial charge in [0, 0.05) is 19.4 Å². The predicted molar refractivity (Wildman–Crippen MR) is 57.5 cm³/mol. The van der Waals surface area contributed by atoms with Gasteiger partial charge in [-0.05, 0) is 27.3 Å². The zero-order valence-electron chi connectivity index (χ0n) is 9.98. The van der Waals surface area contributed by atoms with E-state index in [1.165, 1.54) is 0 Å². The molecule has 0 radical (unpaired) electrons. The third kappa shape index (κ3) is 8.40. The molecule has 0 heterocycles. The standard InChI is InChI=1S/C10H20F2N2O2/c1-9(2,3)16-8(15)14-7-5-10(11,12)4-6-13/h4-7,13H2,1-3H3,(H,14,15). The Balaban J connectivity index is 3.78. The summed E-state index contributed by atoms with van der Waals surface area (Å²) < 4.78 is 30.8. The average molecular weight is 238 g/mol. The minimum atomic E-state index is -2.83. The van der Waals surface area contributed by atoms with Gasteiger partial charge in [-0.15, -0.1) is 0 Å². The molecular formula is C10H20F2N2O2. The van der Waals surface area contributed by atoms with Crippen LogP contribution in [0, 0.1) is 0 Å². The number of alkyl halides is 2. The Morgan fingerprint density at radius 1 is 1.31 bits per heavy atom. The molecule has 0 aromatic rings. The van der Waals surface area contributed by atoms with Crippen molar-refractivity contribution in [3.8, 4) is 0 Å². The van der Waals surface area contributed by atoms with E-state index in [0.717, 1.165) is 0 Å². The van der Waals surface area contributed by atoms with E-state index in [-0.39, 0.29) is 19.5 Å². The van der Waals surface area contributed by atoms with Crippen LogP contribution in [0.25, 0.3) is 0 Å². The third-order valence-corrected chi connectivity index (χ3v) is 1.67. The number of hydrogen-bond donors (Lipinski definition) is 2. The minimum Gasteiger partial charge on any atom is -0.444 e. The summed E-state index contributed by atoms with van der Waals surface area (Å²) in [6, 6.07) is 0. The first kappa shape index (κ1) is 15.1. The molecule has 0 unspecified atom stereocenters. The van der Waals surface area contributed by atoms with E-state index in [9.17, 15) is 13.6 Å². The number of rotatable bonds is 5. The van der Waals surface area contributed by atoms with Gasteiger partial charge in [0.25, 0.3) is 5.92 Å². The van der Waals surface area contributed by atoms with E-state index in [1.807, 2.05) is 0 Å². The molecule has 0 aliphatic heterocycles. The van der Waals surface area contributed by atoms with Crippen LogP contribution in [0.1, 0.15) is 33.6 Å². The maximum atomic E-state index is 12.9. The zero-order chi connectivity index (χ0) is 12.8. The minimum absolute atomic E-state index is 0.0700. The Morgan fingerprint density at radius 2 is 1.88 bits per heavy atom. The first-order valence-corrected chi connectivity index (χ1v) is 5.21. The van der Waals surface area contributed by atoms with Crippen molar-refractivity contribution in [3.63, 3.8) is 0 Å². The summed E-state index contributed by atoms with van der Waals surface area (Å²) in [4.78, 5) is 11.1. The van der Waals surface area contributed by atoms with Gasteiger partial charge in [0.1, 0.15) is 5.60 Å². The first-order chi connectivity index (χ1) is 7.16. The van der Waals surface area contributed by atoms with Crippen LogP contribution in [0.5, 0.6) is 0 Å². The van der Waals surface area contributed by atoms with E-state index in [2.05, 4.69) is 5.32 Å². The molecule has 0 bridgehead atoms. The fourth-order valence-electron chi connectivity index (χ4n) is 0.998. The lowest BCUT2D eigenvalue weighted by Crippen LogP contribution is -2.35. The van der Waals surface area contributed by atoms with Gasteiger partial charge in [-0.25, -0.2) is 13.6 Å². The normalized spacial score (nSPS) is 12.4. The molecule has 0 rings (SSSR count). The van der Waals surface area contributed by atoms with Crippen LogP contribution >= 0.6 is 0 Å². The molecule has 0 aliphatic rings. The second-order valence-corrected chi connectivity index (χ2v) is 4.57. The van der Waals surface area contributed by atoms with E-state index < -0.39 is 24.0 Å². The monoisotopic (exact) mass is 238 g/mol. The van der Waals surface area contributed by atoms with Gasteiger partial charge in [0.05, 0.1) is 0 Å². The smallest absolute Gasteiger partial charge is 0.407 e. The van der Waals surface area contributed by atoms with Crippen LogP contribution < -0.4 is 11.1 Å². The Bertz CT molecular complexity index is 227. The number of amides is 1. The molecule has 0 aromatic carbocycles. The number of hydrogen-bond acceptors (Lipinski definition) is 3. The van der Waals surface area contributed by atoms with Crippen LogP contribution in [-0.2, 0) is 4.74 Å². The first-order valence-electron chi connectivity index (χ1n) is 5.21. The highest BCUT2D eigenvalue weighted by Crippen LogP contribution is 2.21. The number of ether oxygens (including phenoxy) is 1. The van der Waals surface area contributed by atoms with Crippen molar-refractivity contribution in [2.75, 3.05) is 13.1 Å². The van der Waals surface area contributed by atoms with Crippen LogP contribution in [0.3, 0.4) is 0 Å². The lowest BCUT2D eigenvalue weighted by Gasteiger charge is -2.20. The molecule has 0 spiro atoms. The van der Waals surface area contributed by atoms with Gasteiger partial charge in [0.15, 0.2) is 0 Å².